The Balaban J connectivity index is 3.16. The largest absolute Gasteiger partial charge is 0.394 e. The van der Waals surface area contributed by atoms with Gasteiger partial charge in [0.05, 0.1) is 12.1 Å². The van der Waals surface area contributed by atoms with Crippen LogP contribution in [-0.4, -0.2) is 52.3 Å². The molecule has 0 spiro atoms. The molecule has 0 saturated carbocycles. The number of anilines is 3. The molecule has 0 unspecified atom stereocenters. The third-order valence-corrected chi connectivity index (χ3v) is 3.27. The molecular weight excluding hydrogens is 244 g/mol. The van der Waals surface area contributed by atoms with Crippen LogP contribution in [0.5, 0.6) is 0 Å². The fourth-order valence-corrected chi connectivity index (χ4v) is 1.54. The molecule has 0 atom stereocenters. The lowest BCUT2D eigenvalue weighted by atomic mass is 10.1. The Labute approximate surface area is 114 Å². The summed E-state index contributed by atoms with van der Waals surface area (Å²) in [7, 11) is 1.83. The number of rotatable bonds is 6. The Morgan fingerprint density at radius 3 is 2.11 bits per heavy atom. The summed E-state index contributed by atoms with van der Waals surface area (Å²) < 4.78 is 0. The fraction of sp³-hybridized carbons (Fsp3) is 0.750. The highest BCUT2D eigenvalue weighted by Gasteiger charge is 2.26. The van der Waals surface area contributed by atoms with Crippen molar-refractivity contribution in [2.75, 3.05) is 42.3 Å². The monoisotopic (exact) mass is 268 g/mol. The van der Waals surface area contributed by atoms with Crippen LogP contribution in [0.4, 0.5) is 17.8 Å². The van der Waals surface area contributed by atoms with E-state index in [0.717, 1.165) is 13.1 Å². The minimum absolute atomic E-state index is 0.00428. The fourth-order valence-electron chi connectivity index (χ4n) is 1.54. The lowest BCUT2D eigenvalue weighted by Gasteiger charge is -2.34. The van der Waals surface area contributed by atoms with E-state index in [9.17, 15) is 5.11 Å². The predicted octanol–water partition coefficient (Wildman–Crippen LogP) is 0.507. The zero-order valence-corrected chi connectivity index (χ0v) is 12.4. The quantitative estimate of drug-likeness (QED) is 0.776. The van der Waals surface area contributed by atoms with E-state index < -0.39 is 5.54 Å². The summed E-state index contributed by atoms with van der Waals surface area (Å²) in [6.07, 6.45) is 0. The van der Waals surface area contributed by atoms with Gasteiger partial charge in [0.2, 0.25) is 17.8 Å². The van der Waals surface area contributed by atoms with Crippen LogP contribution in [0, 0.1) is 0 Å². The van der Waals surface area contributed by atoms with Gasteiger partial charge in [-0.05, 0) is 27.7 Å². The topological polar surface area (TPSA) is 91.4 Å². The summed E-state index contributed by atoms with van der Waals surface area (Å²) in [6.45, 7) is 9.47. The molecule has 0 aliphatic carbocycles. The first-order valence-corrected chi connectivity index (χ1v) is 6.46. The van der Waals surface area contributed by atoms with Gasteiger partial charge in [0.15, 0.2) is 0 Å². The van der Waals surface area contributed by atoms with Crippen LogP contribution in [0.1, 0.15) is 27.7 Å². The molecule has 7 heteroatoms. The lowest BCUT2D eigenvalue weighted by Crippen LogP contribution is -2.45. The van der Waals surface area contributed by atoms with Gasteiger partial charge < -0.3 is 20.6 Å². The number of nitrogens with two attached hydrogens (primary N) is 1. The van der Waals surface area contributed by atoms with Crippen molar-refractivity contribution in [2.45, 2.75) is 33.2 Å². The summed E-state index contributed by atoms with van der Waals surface area (Å²) in [5, 5.41) is 9.41. The highest BCUT2D eigenvalue weighted by Crippen LogP contribution is 2.20. The smallest absolute Gasteiger partial charge is 0.232 e. The standard InChI is InChI=1S/C12H24N6O/c1-6-18(7-2)11-15-9(13)14-10(16-11)17(5)12(3,4)8-19/h19H,6-8H2,1-5H3,(H2,13,14,15,16). The molecular formula is C12H24N6O. The van der Waals surface area contributed by atoms with E-state index in [0.29, 0.717) is 11.9 Å². The van der Waals surface area contributed by atoms with E-state index in [4.69, 9.17) is 5.73 Å². The first kappa shape index (κ1) is 15.4. The van der Waals surface area contributed by atoms with Crippen molar-refractivity contribution in [3.05, 3.63) is 0 Å². The van der Waals surface area contributed by atoms with Crippen molar-refractivity contribution in [1.29, 1.82) is 0 Å². The van der Waals surface area contributed by atoms with Crippen LogP contribution in [0.3, 0.4) is 0 Å². The zero-order chi connectivity index (χ0) is 14.6. The van der Waals surface area contributed by atoms with Gasteiger partial charge in [0.25, 0.3) is 0 Å². The number of aliphatic hydroxyl groups is 1. The van der Waals surface area contributed by atoms with Gasteiger partial charge in [-0.1, -0.05) is 0 Å². The van der Waals surface area contributed by atoms with Gasteiger partial charge in [0.1, 0.15) is 0 Å². The van der Waals surface area contributed by atoms with Crippen LogP contribution in [0.2, 0.25) is 0 Å². The number of likely N-dealkylation sites (N-methyl/N-ethyl adjacent to an activating group) is 1. The van der Waals surface area contributed by atoms with E-state index >= 15 is 0 Å². The van der Waals surface area contributed by atoms with Crippen LogP contribution in [0.15, 0.2) is 0 Å². The second kappa shape index (κ2) is 6.01. The predicted molar refractivity (Wildman–Crippen MR) is 77.4 cm³/mol. The number of aromatic nitrogens is 3. The Kier molecular flexibility index (Phi) is 4.88. The molecule has 0 radical (unpaired) electrons. The number of hydrogen-bond acceptors (Lipinski definition) is 7. The second-order valence-electron chi connectivity index (χ2n) is 5.00. The molecule has 7 nitrogen and oxygen atoms in total. The Bertz CT molecular complexity index is 419. The number of nitrogen functional groups attached to an aromatic ring is 1. The van der Waals surface area contributed by atoms with Gasteiger partial charge >= 0.3 is 0 Å². The highest BCUT2D eigenvalue weighted by atomic mass is 16.3. The summed E-state index contributed by atoms with van der Waals surface area (Å²) in [4.78, 5) is 16.5. The van der Waals surface area contributed by atoms with Crippen LogP contribution in [0.25, 0.3) is 0 Å². The van der Waals surface area contributed by atoms with Crippen molar-refractivity contribution >= 4 is 17.8 Å². The van der Waals surface area contributed by atoms with E-state index in [1.807, 2.05) is 39.6 Å². The first-order chi connectivity index (χ1) is 8.85. The van der Waals surface area contributed by atoms with Crippen LogP contribution >= 0.6 is 0 Å². The summed E-state index contributed by atoms with van der Waals surface area (Å²) in [5.74, 6) is 1.22. The molecule has 1 aromatic heterocycles. The SMILES string of the molecule is CCN(CC)c1nc(N)nc(N(C)C(C)(C)CO)n1. The van der Waals surface area contributed by atoms with Gasteiger partial charge in [-0.15, -0.1) is 0 Å². The van der Waals surface area contributed by atoms with Gasteiger partial charge in [-0.2, -0.15) is 15.0 Å². The maximum atomic E-state index is 9.41. The molecule has 0 fully saturated rings. The normalized spacial score (nSPS) is 11.5. The van der Waals surface area contributed by atoms with Crippen molar-refractivity contribution in [1.82, 2.24) is 15.0 Å². The van der Waals surface area contributed by atoms with E-state index in [1.54, 1.807) is 4.90 Å². The maximum Gasteiger partial charge on any atom is 0.232 e. The Morgan fingerprint density at radius 2 is 1.63 bits per heavy atom. The average Bonchev–Trinajstić information content (AvgIpc) is 2.38. The summed E-state index contributed by atoms with van der Waals surface area (Å²) in [6, 6.07) is 0. The van der Waals surface area contributed by atoms with Gasteiger partial charge in [-0.3, -0.25) is 0 Å². The molecule has 1 heterocycles. The summed E-state index contributed by atoms with van der Waals surface area (Å²) in [5.41, 5.74) is 5.29. The lowest BCUT2D eigenvalue weighted by molar-refractivity contribution is 0.215. The molecule has 0 bridgehead atoms. The molecule has 3 N–H and O–H groups in total. The third kappa shape index (κ3) is 3.44. The molecule has 108 valence electrons. The van der Waals surface area contributed by atoms with Crippen molar-refractivity contribution in [3.8, 4) is 0 Å². The van der Waals surface area contributed by atoms with Crippen LogP contribution < -0.4 is 15.5 Å². The van der Waals surface area contributed by atoms with Crippen molar-refractivity contribution < 1.29 is 5.11 Å². The molecule has 0 aliphatic heterocycles. The molecule has 0 aromatic carbocycles. The highest BCUT2D eigenvalue weighted by molar-refractivity contribution is 5.44. The Morgan fingerprint density at radius 1 is 1.11 bits per heavy atom. The van der Waals surface area contributed by atoms with Gasteiger partial charge in [-0.25, -0.2) is 0 Å². The molecule has 0 aliphatic rings. The minimum atomic E-state index is -0.464. The third-order valence-electron chi connectivity index (χ3n) is 3.27. The van der Waals surface area contributed by atoms with E-state index in [2.05, 4.69) is 15.0 Å². The van der Waals surface area contributed by atoms with Crippen LogP contribution in [-0.2, 0) is 0 Å². The second-order valence-corrected chi connectivity index (χ2v) is 5.00. The van der Waals surface area contributed by atoms with E-state index in [-0.39, 0.29) is 12.6 Å². The molecule has 19 heavy (non-hydrogen) atoms. The first-order valence-electron chi connectivity index (χ1n) is 6.46. The molecule has 1 rings (SSSR count). The Hall–Kier alpha value is -1.63. The van der Waals surface area contributed by atoms with Crippen molar-refractivity contribution in [3.63, 3.8) is 0 Å². The number of hydrogen-bond donors (Lipinski definition) is 2. The molecule has 1 aromatic rings. The average molecular weight is 268 g/mol. The van der Waals surface area contributed by atoms with E-state index in [1.165, 1.54) is 0 Å². The number of nitrogens with zero attached hydrogens (tertiary/aromatic N) is 5. The van der Waals surface area contributed by atoms with Gasteiger partial charge in [0, 0.05) is 20.1 Å². The van der Waals surface area contributed by atoms with Crippen molar-refractivity contribution in [2.24, 2.45) is 0 Å². The minimum Gasteiger partial charge on any atom is -0.394 e. The maximum absolute atomic E-state index is 9.41. The summed E-state index contributed by atoms with van der Waals surface area (Å²) >= 11 is 0. The zero-order valence-electron chi connectivity index (χ0n) is 12.4. The number of aliphatic hydroxyl groups excluding tert-OH is 1. The molecule has 0 saturated heterocycles. The molecule has 0 amide bonds.